The molecule has 0 aliphatic carbocycles. The number of carbonyl (C=O) groups is 1. The highest BCUT2D eigenvalue weighted by atomic mass is 32.2. The van der Waals surface area contributed by atoms with Crippen LogP contribution in [-0.2, 0) is 21.2 Å². The highest BCUT2D eigenvalue weighted by molar-refractivity contribution is 7.91. The number of methoxy groups -OCH3 is 1. The molecule has 7 heteroatoms. The molecule has 4 rings (SSSR count). The molecule has 0 aromatic heterocycles. The van der Waals surface area contributed by atoms with Crippen LogP contribution in [0.1, 0.15) is 30.9 Å². The lowest BCUT2D eigenvalue weighted by atomic mass is 10.00. The summed E-state index contributed by atoms with van der Waals surface area (Å²) < 4.78 is 30.3. The fourth-order valence-corrected chi connectivity index (χ4v) is 6.43. The fourth-order valence-electron chi connectivity index (χ4n) is 4.45. The molecule has 0 bridgehead atoms. The number of piperazine rings is 1. The number of rotatable bonds is 5. The normalized spacial score (nSPS) is 23.6. The third-order valence-electron chi connectivity index (χ3n) is 6.08. The molecule has 2 aliphatic heterocycles. The summed E-state index contributed by atoms with van der Waals surface area (Å²) in [5, 5.41) is 0. The van der Waals surface area contributed by atoms with E-state index in [1.54, 1.807) is 12.0 Å². The van der Waals surface area contributed by atoms with Crippen molar-refractivity contribution >= 4 is 21.4 Å². The molecule has 0 saturated carbocycles. The van der Waals surface area contributed by atoms with Gasteiger partial charge in [0, 0.05) is 18.3 Å². The van der Waals surface area contributed by atoms with Gasteiger partial charge in [0.25, 0.3) is 0 Å². The second-order valence-electron chi connectivity index (χ2n) is 8.47. The van der Waals surface area contributed by atoms with Gasteiger partial charge in [-0.3, -0.25) is 9.69 Å². The maximum Gasteiger partial charge on any atom is 0.241 e. The number of nitrogens with zero attached hydrogens (tertiary/aromatic N) is 2. The summed E-state index contributed by atoms with van der Waals surface area (Å²) in [7, 11) is -1.59. The maximum atomic E-state index is 13.1. The van der Waals surface area contributed by atoms with Crippen molar-refractivity contribution in [2.45, 2.75) is 38.4 Å². The zero-order valence-electron chi connectivity index (χ0n) is 17.6. The molecule has 2 fully saturated rings. The van der Waals surface area contributed by atoms with E-state index in [9.17, 15) is 13.2 Å². The predicted octanol–water partition coefficient (Wildman–Crippen LogP) is 2.83. The van der Waals surface area contributed by atoms with Gasteiger partial charge in [-0.15, -0.1) is 0 Å². The van der Waals surface area contributed by atoms with Crippen LogP contribution < -0.4 is 9.64 Å². The van der Waals surface area contributed by atoms with E-state index in [4.69, 9.17) is 4.74 Å². The lowest BCUT2D eigenvalue weighted by Gasteiger charge is -2.43. The summed E-state index contributed by atoms with van der Waals surface area (Å²) in [6.45, 7) is 4.98. The number of anilines is 1. The van der Waals surface area contributed by atoms with E-state index in [1.807, 2.05) is 53.4 Å². The highest BCUT2D eigenvalue weighted by Crippen LogP contribution is 2.33. The van der Waals surface area contributed by atoms with Gasteiger partial charge in [-0.2, -0.15) is 0 Å². The topological polar surface area (TPSA) is 66.9 Å². The number of hydrogen-bond donors (Lipinski definition) is 0. The SMILES string of the molecule is COc1ccc(CN2CC(=O)N(c3ccc(C(C)C)cc3)[C@@H]3CS(=O)(=O)C[C@H]32)cc1. The molecule has 160 valence electrons. The number of fused-ring (bicyclic) bond motifs is 1. The Morgan fingerprint density at radius 1 is 1.00 bits per heavy atom. The third-order valence-corrected chi connectivity index (χ3v) is 7.78. The van der Waals surface area contributed by atoms with Gasteiger partial charge >= 0.3 is 0 Å². The number of amides is 1. The summed E-state index contributed by atoms with van der Waals surface area (Å²) in [5.41, 5.74) is 3.00. The van der Waals surface area contributed by atoms with E-state index in [0.29, 0.717) is 12.5 Å². The van der Waals surface area contributed by atoms with Crippen LogP contribution in [0.5, 0.6) is 5.75 Å². The van der Waals surface area contributed by atoms with Gasteiger partial charge < -0.3 is 9.64 Å². The first kappa shape index (κ1) is 20.9. The molecular weight excluding hydrogens is 400 g/mol. The van der Waals surface area contributed by atoms with Crippen LogP contribution >= 0.6 is 0 Å². The summed E-state index contributed by atoms with van der Waals surface area (Å²) in [4.78, 5) is 16.9. The Morgan fingerprint density at radius 2 is 1.63 bits per heavy atom. The van der Waals surface area contributed by atoms with Crippen molar-refractivity contribution in [1.29, 1.82) is 0 Å². The second-order valence-corrected chi connectivity index (χ2v) is 10.6. The summed E-state index contributed by atoms with van der Waals surface area (Å²) in [5.74, 6) is 1.21. The Bertz CT molecular complexity index is 1020. The van der Waals surface area contributed by atoms with E-state index < -0.39 is 9.84 Å². The Labute approximate surface area is 178 Å². The van der Waals surface area contributed by atoms with Crippen molar-refractivity contribution < 1.29 is 17.9 Å². The Kier molecular flexibility index (Phi) is 5.59. The van der Waals surface area contributed by atoms with Crippen molar-refractivity contribution in [2.75, 3.05) is 30.1 Å². The van der Waals surface area contributed by atoms with Crippen molar-refractivity contribution in [3.63, 3.8) is 0 Å². The minimum Gasteiger partial charge on any atom is -0.497 e. The summed E-state index contributed by atoms with van der Waals surface area (Å²) >= 11 is 0. The third kappa shape index (κ3) is 4.09. The van der Waals surface area contributed by atoms with Crippen LogP contribution in [0.25, 0.3) is 0 Å². The van der Waals surface area contributed by atoms with Crippen LogP contribution in [0, 0.1) is 0 Å². The van der Waals surface area contributed by atoms with Crippen LogP contribution in [0.15, 0.2) is 48.5 Å². The van der Waals surface area contributed by atoms with E-state index in [-0.39, 0.29) is 36.0 Å². The van der Waals surface area contributed by atoms with E-state index >= 15 is 0 Å². The van der Waals surface area contributed by atoms with Gasteiger partial charge in [-0.1, -0.05) is 38.1 Å². The van der Waals surface area contributed by atoms with Crippen molar-refractivity contribution in [2.24, 2.45) is 0 Å². The van der Waals surface area contributed by atoms with E-state index in [0.717, 1.165) is 17.0 Å². The monoisotopic (exact) mass is 428 g/mol. The lowest BCUT2D eigenvalue weighted by molar-refractivity contribution is -0.123. The minimum atomic E-state index is -3.21. The number of benzene rings is 2. The molecule has 2 atom stereocenters. The molecule has 0 unspecified atom stereocenters. The molecule has 0 radical (unpaired) electrons. The Hall–Kier alpha value is -2.38. The molecule has 2 heterocycles. The molecule has 2 aliphatic rings. The van der Waals surface area contributed by atoms with Crippen LogP contribution in [0.4, 0.5) is 5.69 Å². The molecule has 0 N–H and O–H groups in total. The first-order chi connectivity index (χ1) is 14.3. The quantitative estimate of drug-likeness (QED) is 0.733. The van der Waals surface area contributed by atoms with Gasteiger partial charge in [0.1, 0.15) is 5.75 Å². The first-order valence-electron chi connectivity index (χ1n) is 10.3. The highest BCUT2D eigenvalue weighted by Gasteiger charge is 2.49. The zero-order chi connectivity index (χ0) is 21.5. The Morgan fingerprint density at radius 3 is 2.23 bits per heavy atom. The van der Waals surface area contributed by atoms with Gasteiger partial charge in [0.2, 0.25) is 5.91 Å². The summed E-state index contributed by atoms with van der Waals surface area (Å²) in [6.07, 6.45) is 0. The van der Waals surface area contributed by atoms with E-state index in [2.05, 4.69) is 13.8 Å². The average molecular weight is 429 g/mol. The van der Waals surface area contributed by atoms with Crippen LogP contribution in [-0.4, -0.2) is 56.5 Å². The molecule has 2 aromatic rings. The van der Waals surface area contributed by atoms with Crippen molar-refractivity contribution in [1.82, 2.24) is 4.90 Å². The summed E-state index contributed by atoms with van der Waals surface area (Å²) in [6, 6.07) is 15.0. The predicted molar refractivity (Wildman–Crippen MR) is 118 cm³/mol. The van der Waals surface area contributed by atoms with Crippen LogP contribution in [0.3, 0.4) is 0 Å². The first-order valence-corrected chi connectivity index (χ1v) is 12.1. The van der Waals surface area contributed by atoms with E-state index in [1.165, 1.54) is 5.56 Å². The number of ether oxygens (including phenoxy) is 1. The minimum absolute atomic E-state index is 0.00838. The molecular formula is C23H28N2O4S. The zero-order valence-corrected chi connectivity index (χ0v) is 18.4. The van der Waals surface area contributed by atoms with Crippen molar-refractivity contribution in [3.05, 3.63) is 59.7 Å². The van der Waals surface area contributed by atoms with Gasteiger partial charge in [0.15, 0.2) is 9.84 Å². The molecule has 2 saturated heterocycles. The number of hydrogen-bond acceptors (Lipinski definition) is 5. The molecule has 30 heavy (non-hydrogen) atoms. The largest absolute Gasteiger partial charge is 0.497 e. The van der Waals surface area contributed by atoms with Gasteiger partial charge in [-0.05, 0) is 41.3 Å². The molecule has 6 nitrogen and oxygen atoms in total. The number of sulfone groups is 1. The second kappa shape index (κ2) is 8.04. The van der Waals surface area contributed by atoms with Gasteiger partial charge in [-0.25, -0.2) is 8.42 Å². The number of carbonyl (C=O) groups excluding carboxylic acids is 1. The molecule has 0 spiro atoms. The van der Waals surface area contributed by atoms with Crippen LogP contribution in [0.2, 0.25) is 0 Å². The molecule has 1 amide bonds. The smallest absolute Gasteiger partial charge is 0.241 e. The van der Waals surface area contributed by atoms with Crippen molar-refractivity contribution in [3.8, 4) is 5.75 Å². The maximum absolute atomic E-state index is 13.1. The fraction of sp³-hybridized carbons (Fsp3) is 0.435. The Balaban J connectivity index is 1.61. The average Bonchev–Trinajstić information content (AvgIpc) is 3.04. The standard InChI is InChI=1S/C23H28N2O4S/c1-16(2)18-6-8-19(9-7-18)25-22-15-30(27,28)14-21(22)24(13-23(25)26)12-17-4-10-20(29-3)11-5-17/h4-11,16,21-22H,12-15H2,1-3H3/t21-,22-/m1/s1. The molecule has 2 aromatic carbocycles. The van der Waals surface area contributed by atoms with Gasteiger partial charge in [0.05, 0.1) is 31.2 Å². The lowest BCUT2D eigenvalue weighted by Crippen LogP contribution is -2.61.